The predicted octanol–water partition coefficient (Wildman–Crippen LogP) is 4.88. The van der Waals surface area contributed by atoms with E-state index in [0.717, 1.165) is 48.3 Å². The van der Waals surface area contributed by atoms with Gasteiger partial charge in [0.1, 0.15) is 17.7 Å². The molecule has 0 unspecified atom stereocenters. The normalized spacial score (nSPS) is 18.0. The Kier molecular flexibility index (Phi) is 7.23. The topological polar surface area (TPSA) is 94.5 Å². The van der Waals surface area contributed by atoms with Gasteiger partial charge in [0.15, 0.2) is 0 Å². The van der Waals surface area contributed by atoms with Crippen LogP contribution in [0.15, 0.2) is 36.4 Å². The van der Waals surface area contributed by atoms with Gasteiger partial charge in [-0.05, 0) is 61.4 Å². The molecule has 5 rings (SSSR count). The molecule has 0 spiro atoms. The fraction of sp³-hybridized carbons (Fsp3) is 0.464. The highest BCUT2D eigenvalue weighted by atomic mass is 16.5. The maximum Gasteiger partial charge on any atom is 0.253 e. The number of carbonyl (C=O) groups excluding carboxylic acids is 2. The van der Waals surface area contributed by atoms with Gasteiger partial charge >= 0.3 is 0 Å². The molecule has 1 aromatic heterocycles. The van der Waals surface area contributed by atoms with Crippen LogP contribution < -0.4 is 15.4 Å². The molecule has 1 saturated carbocycles. The van der Waals surface area contributed by atoms with E-state index in [2.05, 4.69) is 10.6 Å². The van der Waals surface area contributed by atoms with Crippen LogP contribution in [0.4, 0.5) is 5.69 Å². The summed E-state index contributed by atoms with van der Waals surface area (Å²) in [5, 5.41) is 6.05. The van der Waals surface area contributed by atoms with Crippen molar-refractivity contribution in [1.82, 2.24) is 14.9 Å². The van der Waals surface area contributed by atoms with Crippen LogP contribution in [0, 0.1) is 5.92 Å². The standard InChI is InChI=1S/C28H34N4O4/c1-32-26-22(28(34)29-17-19-9-11-21(35-2)12-10-19)15-20(30-25(33)14-18-6-3-4-7-18)16-23(26)31-27(32)24-8-5-13-36-24/h9-12,15-16,18,24H,3-8,13-14,17H2,1-2H3,(H,29,34)(H,30,33)/t24-/m0/s1. The SMILES string of the molecule is COc1ccc(CNC(=O)c2cc(NC(=O)CC3CCCC3)cc3nc([C@@H]4CCCO4)n(C)c23)cc1. The first-order valence-corrected chi connectivity index (χ1v) is 12.8. The van der Waals surface area contributed by atoms with E-state index in [0.29, 0.717) is 42.3 Å². The summed E-state index contributed by atoms with van der Waals surface area (Å²) in [5.74, 6) is 1.79. The molecule has 2 N–H and O–H groups in total. The zero-order valence-electron chi connectivity index (χ0n) is 21.0. The second kappa shape index (κ2) is 10.7. The summed E-state index contributed by atoms with van der Waals surface area (Å²) >= 11 is 0. The van der Waals surface area contributed by atoms with Gasteiger partial charge in [-0.1, -0.05) is 25.0 Å². The number of aryl methyl sites for hydroxylation is 1. The lowest BCUT2D eigenvalue weighted by atomic mass is 10.0. The van der Waals surface area contributed by atoms with Crippen molar-refractivity contribution in [2.24, 2.45) is 13.0 Å². The van der Waals surface area contributed by atoms with Crippen molar-refractivity contribution in [3.8, 4) is 5.75 Å². The van der Waals surface area contributed by atoms with Crippen molar-refractivity contribution in [1.29, 1.82) is 0 Å². The lowest BCUT2D eigenvalue weighted by Crippen LogP contribution is -2.24. The number of benzene rings is 2. The van der Waals surface area contributed by atoms with Gasteiger partial charge in [0.25, 0.3) is 5.91 Å². The molecule has 1 aliphatic heterocycles. The van der Waals surface area contributed by atoms with Crippen LogP contribution in [0.3, 0.4) is 0 Å². The number of anilines is 1. The second-order valence-corrected chi connectivity index (χ2v) is 9.86. The number of ether oxygens (including phenoxy) is 2. The summed E-state index contributed by atoms with van der Waals surface area (Å²) in [7, 11) is 3.55. The molecule has 0 radical (unpaired) electrons. The average molecular weight is 491 g/mol. The van der Waals surface area contributed by atoms with Crippen LogP contribution in [-0.2, 0) is 23.1 Å². The van der Waals surface area contributed by atoms with E-state index < -0.39 is 0 Å². The van der Waals surface area contributed by atoms with Gasteiger partial charge in [-0.2, -0.15) is 0 Å². The van der Waals surface area contributed by atoms with E-state index in [1.54, 1.807) is 13.2 Å². The molecule has 36 heavy (non-hydrogen) atoms. The molecule has 2 fully saturated rings. The number of amides is 2. The van der Waals surface area contributed by atoms with Crippen LogP contribution in [0.1, 0.15) is 72.8 Å². The second-order valence-electron chi connectivity index (χ2n) is 9.86. The Hall–Kier alpha value is -3.39. The number of aromatic nitrogens is 2. The van der Waals surface area contributed by atoms with Crippen LogP contribution in [0.5, 0.6) is 5.75 Å². The van der Waals surface area contributed by atoms with Gasteiger partial charge < -0.3 is 24.7 Å². The minimum atomic E-state index is -0.218. The predicted molar refractivity (Wildman–Crippen MR) is 138 cm³/mol. The maximum atomic E-state index is 13.4. The number of nitrogens with zero attached hydrogens (tertiary/aromatic N) is 2. The number of carbonyl (C=O) groups is 2. The van der Waals surface area contributed by atoms with Gasteiger partial charge in [0.2, 0.25) is 5.91 Å². The monoisotopic (exact) mass is 490 g/mol. The number of hydrogen-bond donors (Lipinski definition) is 2. The smallest absolute Gasteiger partial charge is 0.253 e. The average Bonchev–Trinajstić information content (AvgIpc) is 3.65. The molecule has 2 heterocycles. The number of hydrogen-bond acceptors (Lipinski definition) is 5. The number of fused-ring (bicyclic) bond motifs is 1. The van der Waals surface area contributed by atoms with E-state index in [-0.39, 0.29) is 17.9 Å². The van der Waals surface area contributed by atoms with E-state index in [1.165, 1.54) is 12.8 Å². The zero-order chi connectivity index (χ0) is 25.1. The van der Waals surface area contributed by atoms with Crippen LogP contribution in [-0.4, -0.2) is 35.1 Å². The molecular formula is C28H34N4O4. The summed E-state index contributed by atoms with van der Waals surface area (Å²) in [6.07, 6.45) is 6.93. The van der Waals surface area contributed by atoms with E-state index >= 15 is 0 Å². The highest BCUT2D eigenvalue weighted by Gasteiger charge is 2.26. The van der Waals surface area contributed by atoms with Crippen molar-refractivity contribution < 1.29 is 19.1 Å². The van der Waals surface area contributed by atoms with Gasteiger partial charge in [-0.25, -0.2) is 4.98 Å². The molecule has 3 aromatic rings. The minimum absolute atomic E-state index is 0.0129. The lowest BCUT2D eigenvalue weighted by Gasteiger charge is -2.13. The van der Waals surface area contributed by atoms with Crippen molar-refractivity contribution in [2.45, 2.75) is 57.6 Å². The minimum Gasteiger partial charge on any atom is -0.497 e. The highest BCUT2D eigenvalue weighted by molar-refractivity contribution is 6.07. The Labute approximate surface area is 211 Å². The van der Waals surface area contributed by atoms with Crippen LogP contribution in [0.2, 0.25) is 0 Å². The molecule has 0 bridgehead atoms. The van der Waals surface area contributed by atoms with Gasteiger partial charge in [0, 0.05) is 32.3 Å². The molecule has 2 aromatic carbocycles. The molecule has 8 heteroatoms. The van der Waals surface area contributed by atoms with E-state index in [9.17, 15) is 9.59 Å². The van der Waals surface area contributed by atoms with Gasteiger partial charge in [0.05, 0.1) is 23.7 Å². The molecule has 1 atom stereocenters. The largest absolute Gasteiger partial charge is 0.497 e. The first kappa shape index (κ1) is 24.3. The first-order chi connectivity index (χ1) is 17.5. The quantitative estimate of drug-likeness (QED) is 0.469. The summed E-state index contributed by atoms with van der Waals surface area (Å²) < 4.78 is 13.0. The molecule has 1 saturated heterocycles. The highest BCUT2D eigenvalue weighted by Crippen LogP contribution is 2.33. The third kappa shape index (κ3) is 5.23. The Balaban J connectivity index is 1.42. The third-order valence-corrected chi connectivity index (χ3v) is 7.31. The first-order valence-electron chi connectivity index (χ1n) is 12.8. The Bertz CT molecular complexity index is 1240. The van der Waals surface area contributed by atoms with Crippen molar-refractivity contribution >= 4 is 28.5 Å². The number of methoxy groups -OCH3 is 1. The number of nitrogens with one attached hydrogen (secondary N) is 2. The van der Waals surface area contributed by atoms with Crippen LogP contribution in [0.25, 0.3) is 11.0 Å². The van der Waals surface area contributed by atoms with Crippen LogP contribution >= 0.6 is 0 Å². The molecule has 2 aliphatic rings. The summed E-state index contributed by atoms with van der Waals surface area (Å²) in [6.45, 7) is 1.09. The fourth-order valence-electron chi connectivity index (χ4n) is 5.39. The maximum absolute atomic E-state index is 13.4. The number of imidazole rings is 1. The molecular weight excluding hydrogens is 456 g/mol. The van der Waals surface area contributed by atoms with Crippen molar-refractivity contribution in [3.05, 3.63) is 53.3 Å². The summed E-state index contributed by atoms with van der Waals surface area (Å²) in [6, 6.07) is 11.2. The Morgan fingerprint density at radius 2 is 1.89 bits per heavy atom. The van der Waals surface area contributed by atoms with Gasteiger partial charge in [-0.3, -0.25) is 9.59 Å². The summed E-state index contributed by atoms with van der Waals surface area (Å²) in [5.41, 5.74) is 3.46. The zero-order valence-corrected chi connectivity index (χ0v) is 21.0. The summed E-state index contributed by atoms with van der Waals surface area (Å²) in [4.78, 5) is 31.0. The number of rotatable bonds is 8. The molecule has 2 amide bonds. The Morgan fingerprint density at radius 3 is 2.58 bits per heavy atom. The molecule has 190 valence electrons. The van der Waals surface area contributed by atoms with Gasteiger partial charge in [-0.15, -0.1) is 0 Å². The third-order valence-electron chi connectivity index (χ3n) is 7.31. The molecule has 1 aliphatic carbocycles. The van der Waals surface area contributed by atoms with Crippen molar-refractivity contribution in [3.63, 3.8) is 0 Å². The van der Waals surface area contributed by atoms with E-state index in [4.69, 9.17) is 14.5 Å². The van der Waals surface area contributed by atoms with E-state index in [1.807, 2.05) is 41.9 Å². The fourth-order valence-corrected chi connectivity index (χ4v) is 5.39. The Morgan fingerprint density at radius 1 is 1.11 bits per heavy atom. The lowest BCUT2D eigenvalue weighted by molar-refractivity contribution is -0.117. The molecule has 8 nitrogen and oxygen atoms in total. The van der Waals surface area contributed by atoms with Crippen molar-refractivity contribution in [2.75, 3.05) is 19.0 Å².